The maximum Gasteiger partial charge on any atom is 0.163 e. The van der Waals surface area contributed by atoms with Crippen LogP contribution in [-0.4, -0.2) is 15.3 Å². The minimum Gasteiger partial charge on any atom is -0.330 e. The van der Waals surface area contributed by atoms with Crippen LogP contribution in [0.3, 0.4) is 0 Å². The molecule has 1 aromatic carbocycles. The van der Waals surface area contributed by atoms with Crippen LogP contribution >= 0.6 is 0 Å². The van der Waals surface area contributed by atoms with Crippen molar-refractivity contribution in [1.29, 1.82) is 0 Å². The van der Waals surface area contributed by atoms with E-state index >= 15 is 0 Å². The van der Waals surface area contributed by atoms with Crippen molar-refractivity contribution in [2.24, 2.45) is 0 Å². The number of fused-ring (bicyclic) bond motifs is 1. The average Bonchev–Trinajstić information content (AvgIpc) is 3.06. The Bertz CT molecular complexity index is 587. The number of nitrogens with zero attached hydrogens (tertiary/aromatic N) is 2. The fraction of sp³-hybridized carbons (Fsp3) is 0.375. The molecular formula is C16H18N2O. The molecule has 0 N–H and O–H groups in total. The van der Waals surface area contributed by atoms with Crippen LogP contribution in [0.25, 0.3) is 0 Å². The second-order valence-electron chi connectivity index (χ2n) is 5.15. The molecule has 1 aliphatic carbocycles. The van der Waals surface area contributed by atoms with Gasteiger partial charge in [0.1, 0.15) is 0 Å². The van der Waals surface area contributed by atoms with E-state index in [1.807, 2.05) is 12.5 Å². The zero-order valence-electron chi connectivity index (χ0n) is 11.2. The summed E-state index contributed by atoms with van der Waals surface area (Å²) in [6.45, 7) is 2.18. The molecule has 3 heteroatoms. The van der Waals surface area contributed by atoms with E-state index in [0.29, 0.717) is 6.42 Å². The van der Waals surface area contributed by atoms with Gasteiger partial charge in [-0.25, -0.2) is 4.98 Å². The zero-order valence-corrected chi connectivity index (χ0v) is 11.2. The van der Waals surface area contributed by atoms with Crippen LogP contribution in [0.4, 0.5) is 0 Å². The SMILES string of the molecule is CCCC(c1ccc2c(c1)C(=O)CC2)n1ccnc1. The third-order valence-electron chi connectivity index (χ3n) is 3.89. The molecule has 19 heavy (non-hydrogen) atoms. The first-order valence-corrected chi connectivity index (χ1v) is 6.93. The fourth-order valence-electron chi connectivity index (χ4n) is 2.88. The van der Waals surface area contributed by atoms with E-state index in [1.54, 1.807) is 6.20 Å². The predicted octanol–water partition coefficient (Wildman–Crippen LogP) is 3.40. The highest BCUT2D eigenvalue weighted by Crippen LogP contribution is 2.29. The van der Waals surface area contributed by atoms with E-state index in [2.05, 4.69) is 34.7 Å². The van der Waals surface area contributed by atoms with Gasteiger partial charge in [0.15, 0.2) is 5.78 Å². The van der Waals surface area contributed by atoms with Crippen molar-refractivity contribution < 1.29 is 4.79 Å². The van der Waals surface area contributed by atoms with Gasteiger partial charge in [-0.1, -0.05) is 25.5 Å². The predicted molar refractivity (Wildman–Crippen MR) is 74.4 cm³/mol. The number of carbonyl (C=O) groups excluding carboxylic acids is 1. The van der Waals surface area contributed by atoms with Crippen LogP contribution < -0.4 is 0 Å². The standard InChI is InChI=1S/C16H18N2O/c1-2-3-15(18-9-8-17-11-18)13-5-4-12-6-7-16(19)14(12)10-13/h4-5,8-11,15H,2-3,6-7H2,1H3. The summed E-state index contributed by atoms with van der Waals surface area (Å²) in [4.78, 5) is 16.0. The van der Waals surface area contributed by atoms with Crippen molar-refractivity contribution in [2.45, 2.75) is 38.6 Å². The monoisotopic (exact) mass is 254 g/mol. The largest absolute Gasteiger partial charge is 0.330 e. The van der Waals surface area contributed by atoms with E-state index in [1.165, 1.54) is 11.1 Å². The van der Waals surface area contributed by atoms with Crippen LogP contribution in [0, 0.1) is 0 Å². The number of rotatable bonds is 4. The lowest BCUT2D eigenvalue weighted by Crippen LogP contribution is -2.09. The van der Waals surface area contributed by atoms with Gasteiger partial charge in [0.25, 0.3) is 0 Å². The smallest absolute Gasteiger partial charge is 0.163 e. The molecule has 98 valence electrons. The van der Waals surface area contributed by atoms with Gasteiger partial charge >= 0.3 is 0 Å². The highest BCUT2D eigenvalue weighted by molar-refractivity contribution is 6.00. The molecule has 1 aromatic heterocycles. The molecule has 3 rings (SSSR count). The van der Waals surface area contributed by atoms with Gasteiger partial charge in [0.2, 0.25) is 0 Å². The number of hydrogen-bond donors (Lipinski definition) is 0. The number of benzene rings is 1. The minimum absolute atomic E-state index is 0.284. The number of carbonyl (C=O) groups is 1. The van der Waals surface area contributed by atoms with Crippen molar-refractivity contribution in [1.82, 2.24) is 9.55 Å². The lowest BCUT2D eigenvalue weighted by molar-refractivity contribution is 0.0994. The topological polar surface area (TPSA) is 34.9 Å². The quantitative estimate of drug-likeness (QED) is 0.838. The maximum atomic E-state index is 11.9. The van der Waals surface area contributed by atoms with Crippen LogP contribution in [0.15, 0.2) is 36.9 Å². The summed E-state index contributed by atoms with van der Waals surface area (Å²) >= 11 is 0. The highest BCUT2D eigenvalue weighted by Gasteiger charge is 2.21. The molecule has 1 atom stereocenters. The van der Waals surface area contributed by atoms with Gasteiger partial charge in [-0.15, -0.1) is 0 Å². The summed E-state index contributed by atoms with van der Waals surface area (Å²) in [6.07, 6.45) is 9.39. The summed E-state index contributed by atoms with van der Waals surface area (Å²) in [5, 5.41) is 0. The Labute approximate surface area is 113 Å². The molecule has 0 bridgehead atoms. The molecule has 0 spiro atoms. The summed E-state index contributed by atoms with van der Waals surface area (Å²) in [5.74, 6) is 0.290. The first-order valence-electron chi connectivity index (χ1n) is 6.93. The lowest BCUT2D eigenvalue weighted by Gasteiger charge is -2.19. The Morgan fingerprint density at radius 3 is 3.00 bits per heavy atom. The molecule has 0 aliphatic heterocycles. The van der Waals surface area contributed by atoms with E-state index in [9.17, 15) is 4.79 Å². The van der Waals surface area contributed by atoms with Crippen molar-refractivity contribution in [3.63, 3.8) is 0 Å². The Kier molecular flexibility index (Phi) is 3.20. The first kappa shape index (κ1) is 12.2. The number of aryl methyl sites for hydroxylation is 1. The normalized spacial score (nSPS) is 15.5. The molecule has 0 fully saturated rings. The maximum absolute atomic E-state index is 11.9. The molecule has 2 aromatic rings. The van der Waals surface area contributed by atoms with Gasteiger partial charge in [-0.3, -0.25) is 4.79 Å². The third kappa shape index (κ3) is 2.21. The lowest BCUT2D eigenvalue weighted by atomic mass is 9.98. The molecule has 0 amide bonds. The van der Waals surface area contributed by atoms with E-state index in [0.717, 1.165) is 24.8 Å². The summed E-state index contributed by atoms with van der Waals surface area (Å²) in [7, 11) is 0. The summed E-state index contributed by atoms with van der Waals surface area (Å²) in [5.41, 5.74) is 3.35. The number of ketones is 1. The number of aromatic nitrogens is 2. The van der Waals surface area contributed by atoms with Gasteiger partial charge in [-0.2, -0.15) is 0 Å². The van der Waals surface area contributed by atoms with Crippen molar-refractivity contribution in [3.8, 4) is 0 Å². The summed E-state index contributed by atoms with van der Waals surface area (Å²) < 4.78 is 2.13. The Morgan fingerprint density at radius 2 is 2.26 bits per heavy atom. The summed E-state index contributed by atoms with van der Waals surface area (Å²) in [6, 6.07) is 6.66. The van der Waals surface area contributed by atoms with Crippen LogP contribution in [-0.2, 0) is 6.42 Å². The van der Waals surface area contributed by atoms with Crippen LogP contribution in [0.2, 0.25) is 0 Å². The van der Waals surface area contributed by atoms with E-state index in [4.69, 9.17) is 0 Å². The number of imidazole rings is 1. The molecule has 0 saturated carbocycles. The Hall–Kier alpha value is -1.90. The number of Topliss-reactive ketones (excluding diaryl/α,β-unsaturated/α-hetero) is 1. The molecule has 3 nitrogen and oxygen atoms in total. The van der Waals surface area contributed by atoms with Crippen LogP contribution in [0.1, 0.15) is 53.7 Å². The molecule has 1 unspecified atom stereocenters. The molecule has 1 heterocycles. The fourth-order valence-corrected chi connectivity index (χ4v) is 2.88. The van der Waals surface area contributed by atoms with Crippen molar-refractivity contribution in [3.05, 3.63) is 53.6 Å². The van der Waals surface area contributed by atoms with Crippen LogP contribution in [0.5, 0.6) is 0 Å². The number of hydrogen-bond acceptors (Lipinski definition) is 2. The molecular weight excluding hydrogens is 236 g/mol. The Morgan fingerprint density at radius 1 is 1.37 bits per heavy atom. The van der Waals surface area contributed by atoms with Crippen molar-refractivity contribution >= 4 is 5.78 Å². The molecule has 0 saturated heterocycles. The minimum atomic E-state index is 0.284. The highest BCUT2D eigenvalue weighted by atomic mass is 16.1. The van der Waals surface area contributed by atoms with Crippen molar-refractivity contribution in [2.75, 3.05) is 0 Å². The molecule has 1 aliphatic rings. The van der Waals surface area contributed by atoms with Gasteiger partial charge in [0, 0.05) is 24.4 Å². The van der Waals surface area contributed by atoms with E-state index in [-0.39, 0.29) is 11.8 Å². The second kappa shape index (κ2) is 5.00. The van der Waals surface area contributed by atoms with Gasteiger partial charge in [0.05, 0.1) is 12.4 Å². The van der Waals surface area contributed by atoms with E-state index < -0.39 is 0 Å². The van der Waals surface area contributed by atoms with Gasteiger partial charge in [-0.05, 0) is 30.0 Å². The second-order valence-corrected chi connectivity index (χ2v) is 5.15. The average molecular weight is 254 g/mol. The van der Waals surface area contributed by atoms with Gasteiger partial charge < -0.3 is 4.57 Å². The Balaban J connectivity index is 1.99. The molecule has 0 radical (unpaired) electrons. The first-order chi connectivity index (χ1) is 9.29. The third-order valence-corrected chi connectivity index (χ3v) is 3.89. The zero-order chi connectivity index (χ0) is 13.2.